The first-order valence-corrected chi connectivity index (χ1v) is 7.96. The number of nitro benzene ring substituents is 1. The van der Waals surface area contributed by atoms with E-state index >= 15 is 0 Å². The number of rotatable bonds is 5. The van der Waals surface area contributed by atoms with Crippen molar-refractivity contribution in [2.75, 3.05) is 0 Å². The summed E-state index contributed by atoms with van der Waals surface area (Å²) in [5.41, 5.74) is 2.84. The van der Waals surface area contributed by atoms with Crippen LogP contribution in [0, 0.1) is 17.0 Å². The minimum absolute atomic E-state index is 0.0129. The van der Waals surface area contributed by atoms with E-state index in [1.54, 1.807) is 18.2 Å². The van der Waals surface area contributed by atoms with Crippen molar-refractivity contribution in [2.45, 2.75) is 17.8 Å². The fourth-order valence-electron chi connectivity index (χ4n) is 2.21. The van der Waals surface area contributed by atoms with Gasteiger partial charge in [-0.05, 0) is 18.6 Å². The Morgan fingerprint density at radius 2 is 2.04 bits per heavy atom. The van der Waals surface area contributed by atoms with E-state index in [0.717, 1.165) is 5.75 Å². The Morgan fingerprint density at radius 1 is 1.22 bits per heavy atom. The number of nitro groups is 1. The molecule has 0 aliphatic rings. The van der Waals surface area contributed by atoms with Gasteiger partial charge in [0.2, 0.25) is 5.16 Å². The SMILES string of the molecule is Cc1cccc(CSc2n[nH]c(-c3ccccc3[N+](=O)[O-])n2)c1. The van der Waals surface area contributed by atoms with Gasteiger partial charge in [-0.15, -0.1) is 5.10 Å². The molecule has 0 radical (unpaired) electrons. The van der Waals surface area contributed by atoms with Crippen molar-refractivity contribution < 1.29 is 4.92 Å². The number of aromatic amines is 1. The largest absolute Gasteiger partial charge is 0.280 e. The molecule has 116 valence electrons. The molecule has 0 bridgehead atoms. The summed E-state index contributed by atoms with van der Waals surface area (Å²) in [5.74, 6) is 1.15. The molecule has 0 spiro atoms. The Labute approximate surface area is 137 Å². The summed E-state index contributed by atoms with van der Waals surface area (Å²) in [4.78, 5) is 15.0. The van der Waals surface area contributed by atoms with E-state index in [1.807, 2.05) is 19.1 Å². The van der Waals surface area contributed by atoms with Gasteiger partial charge in [0, 0.05) is 11.8 Å². The standard InChI is InChI=1S/C16H14N4O2S/c1-11-5-4-6-12(9-11)10-23-16-17-15(18-19-16)13-7-2-3-8-14(13)20(21)22/h2-9H,10H2,1H3,(H,17,18,19). The highest BCUT2D eigenvalue weighted by atomic mass is 32.2. The minimum atomic E-state index is -0.419. The molecule has 0 fully saturated rings. The van der Waals surface area contributed by atoms with E-state index in [2.05, 4.69) is 27.3 Å². The van der Waals surface area contributed by atoms with Crippen molar-refractivity contribution in [3.05, 3.63) is 69.8 Å². The lowest BCUT2D eigenvalue weighted by atomic mass is 10.2. The summed E-state index contributed by atoms with van der Waals surface area (Å²) in [5, 5.41) is 18.6. The second kappa shape index (κ2) is 6.62. The van der Waals surface area contributed by atoms with Crippen LogP contribution >= 0.6 is 11.8 Å². The monoisotopic (exact) mass is 326 g/mol. The van der Waals surface area contributed by atoms with Crippen LogP contribution in [0.2, 0.25) is 0 Å². The second-order valence-corrected chi connectivity index (χ2v) is 5.96. The zero-order valence-corrected chi connectivity index (χ0v) is 13.2. The molecule has 0 amide bonds. The molecular formula is C16H14N4O2S. The summed E-state index contributed by atoms with van der Waals surface area (Å²) in [6.07, 6.45) is 0. The average Bonchev–Trinajstić information content (AvgIpc) is 3.02. The zero-order valence-electron chi connectivity index (χ0n) is 12.4. The topological polar surface area (TPSA) is 84.7 Å². The fourth-order valence-corrected chi connectivity index (χ4v) is 2.96. The molecule has 0 unspecified atom stereocenters. The van der Waals surface area contributed by atoms with Crippen molar-refractivity contribution in [3.63, 3.8) is 0 Å². The molecule has 0 atom stereocenters. The predicted molar refractivity (Wildman–Crippen MR) is 89.2 cm³/mol. The van der Waals surface area contributed by atoms with Gasteiger partial charge in [0.1, 0.15) is 0 Å². The number of benzene rings is 2. The summed E-state index contributed by atoms with van der Waals surface area (Å²) < 4.78 is 0. The zero-order chi connectivity index (χ0) is 16.2. The Morgan fingerprint density at radius 3 is 2.83 bits per heavy atom. The molecule has 1 N–H and O–H groups in total. The van der Waals surface area contributed by atoms with E-state index in [-0.39, 0.29) is 5.69 Å². The van der Waals surface area contributed by atoms with Gasteiger partial charge in [0.05, 0.1) is 10.5 Å². The first kappa shape index (κ1) is 15.2. The molecule has 0 saturated carbocycles. The summed E-state index contributed by atoms with van der Waals surface area (Å²) in [6, 6.07) is 14.7. The molecule has 7 heteroatoms. The number of nitrogens with zero attached hydrogens (tertiary/aromatic N) is 3. The maximum absolute atomic E-state index is 11.1. The van der Waals surface area contributed by atoms with Crippen LogP contribution in [0.5, 0.6) is 0 Å². The van der Waals surface area contributed by atoms with E-state index in [0.29, 0.717) is 16.5 Å². The van der Waals surface area contributed by atoms with Crippen LogP contribution in [0.4, 0.5) is 5.69 Å². The number of nitrogens with one attached hydrogen (secondary N) is 1. The number of thioether (sulfide) groups is 1. The molecular weight excluding hydrogens is 312 g/mol. The van der Waals surface area contributed by atoms with E-state index < -0.39 is 4.92 Å². The Kier molecular flexibility index (Phi) is 4.38. The van der Waals surface area contributed by atoms with Gasteiger partial charge in [-0.3, -0.25) is 15.2 Å². The number of aromatic nitrogens is 3. The van der Waals surface area contributed by atoms with E-state index in [4.69, 9.17) is 0 Å². The van der Waals surface area contributed by atoms with Crippen LogP contribution in [0.25, 0.3) is 11.4 Å². The highest BCUT2D eigenvalue weighted by Gasteiger charge is 2.17. The summed E-state index contributed by atoms with van der Waals surface area (Å²) >= 11 is 1.49. The first-order valence-electron chi connectivity index (χ1n) is 6.98. The molecule has 0 aliphatic carbocycles. The summed E-state index contributed by atoms with van der Waals surface area (Å²) in [7, 11) is 0. The minimum Gasteiger partial charge on any atom is -0.258 e. The van der Waals surface area contributed by atoms with Crippen LogP contribution in [0.3, 0.4) is 0 Å². The quantitative estimate of drug-likeness (QED) is 0.435. The molecule has 0 aliphatic heterocycles. The van der Waals surface area contributed by atoms with Crippen molar-refractivity contribution in [2.24, 2.45) is 0 Å². The highest BCUT2D eigenvalue weighted by molar-refractivity contribution is 7.98. The van der Waals surface area contributed by atoms with Crippen molar-refractivity contribution >= 4 is 17.4 Å². The van der Waals surface area contributed by atoms with Crippen LogP contribution in [0.15, 0.2) is 53.7 Å². The van der Waals surface area contributed by atoms with Gasteiger partial charge in [0.25, 0.3) is 5.69 Å². The molecule has 23 heavy (non-hydrogen) atoms. The molecule has 0 saturated heterocycles. The van der Waals surface area contributed by atoms with Crippen LogP contribution in [-0.4, -0.2) is 20.1 Å². The number of H-pyrrole nitrogens is 1. The summed E-state index contributed by atoms with van der Waals surface area (Å²) in [6.45, 7) is 2.05. The molecule has 6 nitrogen and oxygen atoms in total. The van der Waals surface area contributed by atoms with Gasteiger partial charge in [-0.1, -0.05) is 53.7 Å². The van der Waals surface area contributed by atoms with Gasteiger partial charge in [-0.25, -0.2) is 4.98 Å². The van der Waals surface area contributed by atoms with Gasteiger partial charge in [0.15, 0.2) is 5.82 Å². The van der Waals surface area contributed by atoms with Crippen LogP contribution in [0.1, 0.15) is 11.1 Å². The predicted octanol–water partition coefficient (Wildman–Crippen LogP) is 3.98. The second-order valence-electron chi connectivity index (χ2n) is 5.02. The lowest BCUT2D eigenvalue weighted by Crippen LogP contribution is -1.92. The molecule has 1 aromatic heterocycles. The average molecular weight is 326 g/mol. The van der Waals surface area contributed by atoms with E-state index in [1.165, 1.54) is 29.0 Å². The van der Waals surface area contributed by atoms with Crippen LogP contribution < -0.4 is 0 Å². The third-order valence-electron chi connectivity index (χ3n) is 3.27. The van der Waals surface area contributed by atoms with Crippen molar-refractivity contribution in [1.29, 1.82) is 0 Å². The van der Waals surface area contributed by atoms with E-state index in [9.17, 15) is 10.1 Å². The van der Waals surface area contributed by atoms with Crippen LogP contribution in [-0.2, 0) is 5.75 Å². The Balaban J connectivity index is 1.77. The van der Waals surface area contributed by atoms with Gasteiger partial charge < -0.3 is 0 Å². The Hall–Kier alpha value is -2.67. The van der Waals surface area contributed by atoms with Crippen molar-refractivity contribution in [3.8, 4) is 11.4 Å². The number of aryl methyl sites for hydroxylation is 1. The normalized spacial score (nSPS) is 10.7. The lowest BCUT2D eigenvalue weighted by molar-refractivity contribution is -0.384. The van der Waals surface area contributed by atoms with Gasteiger partial charge in [-0.2, -0.15) is 0 Å². The maximum Gasteiger partial charge on any atom is 0.280 e. The lowest BCUT2D eigenvalue weighted by Gasteiger charge is -2.00. The number of hydrogen-bond acceptors (Lipinski definition) is 5. The molecule has 3 rings (SSSR count). The molecule has 3 aromatic rings. The fraction of sp³-hybridized carbons (Fsp3) is 0.125. The third-order valence-corrected chi connectivity index (χ3v) is 4.19. The number of hydrogen-bond donors (Lipinski definition) is 1. The highest BCUT2D eigenvalue weighted by Crippen LogP contribution is 2.28. The van der Waals surface area contributed by atoms with Gasteiger partial charge >= 0.3 is 0 Å². The first-order chi connectivity index (χ1) is 11.1. The van der Waals surface area contributed by atoms with Crippen molar-refractivity contribution in [1.82, 2.24) is 15.2 Å². The molecule has 2 aromatic carbocycles. The third kappa shape index (κ3) is 3.57. The smallest absolute Gasteiger partial charge is 0.258 e. The molecule has 1 heterocycles. The Bertz CT molecular complexity index is 847. The maximum atomic E-state index is 11.1. The number of para-hydroxylation sites is 1.